The molecular weight excluding hydrogens is 416 g/mol. The molecule has 0 aliphatic heterocycles. The fraction of sp³-hybridized carbons (Fsp3) is 0. The summed E-state index contributed by atoms with van der Waals surface area (Å²) in [5.41, 5.74) is 4.67. The zero-order chi connectivity index (χ0) is 19.1. The molecule has 3 aromatic heterocycles. The third-order valence-corrected chi connectivity index (χ3v) is 4.98. The van der Waals surface area contributed by atoms with Crippen molar-refractivity contribution >= 4 is 38.0 Å². The number of aromatic amines is 1. The molecule has 28 heavy (non-hydrogen) atoms. The molecule has 0 spiro atoms. The summed E-state index contributed by atoms with van der Waals surface area (Å²) < 4.78 is 0.572. The van der Waals surface area contributed by atoms with E-state index in [4.69, 9.17) is 9.97 Å². The molecule has 0 amide bonds. The molecule has 0 saturated heterocycles. The van der Waals surface area contributed by atoms with Crippen molar-refractivity contribution in [2.45, 2.75) is 0 Å². The van der Waals surface area contributed by atoms with Gasteiger partial charge in [0.25, 0.3) is 0 Å². The summed E-state index contributed by atoms with van der Waals surface area (Å²) in [6.07, 6.45) is 1.77. The molecule has 1 N–H and O–H groups in total. The third-order valence-electron chi connectivity index (χ3n) is 4.55. The van der Waals surface area contributed by atoms with Crippen molar-refractivity contribution < 1.29 is 0 Å². The standard InChI is InChI=1S/C22H13BrN4O/c23-18-12-17(28)21-22(25-18)27-19(13-5-2-1-3-6-13)20(26-21)15-8-9-16-14(11-15)7-4-10-24-16/h1-12H,(H,25,27,28). The number of H-pyrrole nitrogens is 1. The first-order chi connectivity index (χ1) is 13.7. The SMILES string of the molecule is O=c1cc(Br)[nH]c2nc(-c3ccccc3)c(-c3ccc4ncccc4c3)nc12. The Bertz CT molecular complexity index is 1400. The Hall–Kier alpha value is -3.38. The van der Waals surface area contributed by atoms with E-state index >= 15 is 0 Å². The minimum atomic E-state index is -0.184. The predicted octanol–water partition coefficient (Wildman–Crippen LogP) is 4.96. The topological polar surface area (TPSA) is 71.5 Å². The van der Waals surface area contributed by atoms with Gasteiger partial charge >= 0.3 is 0 Å². The van der Waals surface area contributed by atoms with Crippen LogP contribution in [0.3, 0.4) is 0 Å². The number of aromatic nitrogens is 4. The van der Waals surface area contributed by atoms with E-state index < -0.39 is 0 Å². The van der Waals surface area contributed by atoms with Gasteiger partial charge in [-0.2, -0.15) is 0 Å². The lowest BCUT2D eigenvalue weighted by Gasteiger charge is -2.11. The lowest BCUT2D eigenvalue weighted by Crippen LogP contribution is -2.07. The van der Waals surface area contributed by atoms with Gasteiger partial charge in [0.05, 0.1) is 21.5 Å². The first-order valence-corrected chi connectivity index (χ1v) is 9.49. The molecule has 0 fully saturated rings. The van der Waals surface area contributed by atoms with Crippen LogP contribution in [0.2, 0.25) is 0 Å². The summed E-state index contributed by atoms with van der Waals surface area (Å²) >= 11 is 3.32. The number of hydrogen-bond donors (Lipinski definition) is 1. The molecule has 5 rings (SSSR count). The second-order valence-corrected chi connectivity index (χ2v) is 7.23. The molecule has 0 radical (unpaired) electrons. The van der Waals surface area contributed by atoms with Gasteiger partial charge in [-0.05, 0) is 34.1 Å². The smallest absolute Gasteiger partial charge is 0.210 e. The van der Waals surface area contributed by atoms with Gasteiger partial charge in [0, 0.05) is 28.8 Å². The Balaban J connectivity index is 1.86. The van der Waals surface area contributed by atoms with Gasteiger partial charge in [0.15, 0.2) is 11.2 Å². The average Bonchev–Trinajstić information content (AvgIpc) is 2.73. The van der Waals surface area contributed by atoms with E-state index in [1.54, 1.807) is 6.20 Å². The number of pyridine rings is 2. The van der Waals surface area contributed by atoms with Crippen LogP contribution in [-0.2, 0) is 0 Å². The molecular formula is C22H13BrN4O. The number of fused-ring (bicyclic) bond motifs is 2. The van der Waals surface area contributed by atoms with Crippen LogP contribution in [0.1, 0.15) is 0 Å². The molecule has 0 atom stereocenters. The number of nitrogens with one attached hydrogen (secondary N) is 1. The molecule has 0 aliphatic carbocycles. The van der Waals surface area contributed by atoms with Gasteiger partial charge in [0.2, 0.25) is 5.43 Å². The van der Waals surface area contributed by atoms with Crippen LogP contribution < -0.4 is 5.43 Å². The van der Waals surface area contributed by atoms with Gasteiger partial charge in [-0.1, -0.05) is 42.5 Å². The van der Waals surface area contributed by atoms with Gasteiger partial charge in [-0.3, -0.25) is 9.78 Å². The van der Waals surface area contributed by atoms with E-state index in [0.717, 1.165) is 22.0 Å². The Kier molecular flexibility index (Phi) is 3.98. The van der Waals surface area contributed by atoms with Crippen LogP contribution >= 0.6 is 15.9 Å². The van der Waals surface area contributed by atoms with Crippen LogP contribution in [0.5, 0.6) is 0 Å². The summed E-state index contributed by atoms with van der Waals surface area (Å²) in [7, 11) is 0. The average molecular weight is 429 g/mol. The van der Waals surface area contributed by atoms with Crippen molar-refractivity contribution in [3.05, 3.63) is 87.8 Å². The summed E-state index contributed by atoms with van der Waals surface area (Å²) in [6, 6.07) is 21.2. The number of halogens is 1. The molecule has 2 aromatic carbocycles. The summed E-state index contributed by atoms with van der Waals surface area (Å²) in [5, 5.41) is 1.01. The van der Waals surface area contributed by atoms with E-state index in [1.807, 2.05) is 60.7 Å². The van der Waals surface area contributed by atoms with Gasteiger partial charge < -0.3 is 4.98 Å². The largest absolute Gasteiger partial charge is 0.332 e. The molecule has 5 aromatic rings. The minimum Gasteiger partial charge on any atom is -0.332 e. The van der Waals surface area contributed by atoms with Crippen molar-refractivity contribution in [2.24, 2.45) is 0 Å². The van der Waals surface area contributed by atoms with E-state index in [2.05, 4.69) is 25.9 Å². The Morgan fingerprint density at radius 1 is 0.821 bits per heavy atom. The summed E-state index contributed by atoms with van der Waals surface area (Å²) in [5.74, 6) is 0. The fourth-order valence-electron chi connectivity index (χ4n) is 3.25. The monoisotopic (exact) mass is 428 g/mol. The fourth-order valence-corrected chi connectivity index (χ4v) is 3.64. The molecule has 0 unspecified atom stereocenters. The van der Waals surface area contributed by atoms with Crippen LogP contribution in [0.4, 0.5) is 0 Å². The first-order valence-electron chi connectivity index (χ1n) is 8.70. The zero-order valence-electron chi connectivity index (χ0n) is 14.6. The number of benzene rings is 2. The lowest BCUT2D eigenvalue weighted by atomic mass is 10.0. The van der Waals surface area contributed by atoms with E-state index in [-0.39, 0.29) is 5.43 Å². The van der Waals surface area contributed by atoms with Crippen LogP contribution in [0, 0.1) is 0 Å². The minimum absolute atomic E-state index is 0.184. The normalized spacial score (nSPS) is 11.2. The highest BCUT2D eigenvalue weighted by atomic mass is 79.9. The van der Waals surface area contributed by atoms with Crippen molar-refractivity contribution in [2.75, 3.05) is 0 Å². The van der Waals surface area contributed by atoms with Gasteiger partial charge in [-0.25, -0.2) is 9.97 Å². The lowest BCUT2D eigenvalue weighted by molar-refractivity contribution is 1.20. The zero-order valence-corrected chi connectivity index (χ0v) is 16.1. The molecule has 0 aliphatic rings. The number of rotatable bonds is 2. The van der Waals surface area contributed by atoms with E-state index in [0.29, 0.717) is 27.2 Å². The maximum absolute atomic E-state index is 12.5. The van der Waals surface area contributed by atoms with E-state index in [1.165, 1.54) is 6.07 Å². The highest BCUT2D eigenvalue weighted by Crippen LogP contribution is 2.31. The van der Waals surface area contributed by atoms with Crippen molar-refractivity contribution in [1.29, 1.82) is 0 Å². The number of nitrogens with zero attached hydrogens (tertiary/aromatic N) is 3. The Labute approximate surface area is 168 Å². The maximum Gasteiger partial charge on any atom is 0.210 e. The van der Waals surface area contributed by atoms with Crippen LogP contribution in [-0.4, -0.2) is 19.9 Å². The molecule has 6 heteroatoms. The van der Waals surface area contributed by atoms with Crippen molar-refractivity contribution in [3.8, 4) is 22.5 Å². The van der Waals surface area contributed by atoms with Crippen molar-refractivity contribution in [3.63, 3.8) is 0 Å². The second-order valence-electron chi connectivity index (χ2n) is 6.38. The quantitative estimate of drug-likeness (QED) is 0.403. The molecule has 0 bridgehead atoms. The number of hydrogen-bond acceptors (Lipinski definition) is 4. The second kappa shape index (κ2) is 6.65. The van der Waals surface area contributed by atoms with Gasteiger partial charge in [0.1, 0.15) is 0 Å². The maximum atomic E-state index is 12.5. The van der Waals surface area contributed by atoms with Crippen LogP contribution in [0.15, 0.2) is 82.3 Å². The predicted molar refractivity (Wildman–Crippen MR) is 114 cm³/mol. The van der Waals surface area contributed by atoms with Gasteiger partial charge in [-0.15, -0.1) is 0 Å². The third kappa shape index (κ3) is 2.88. The van der Waals surface area contributed by atoms with E-state index in [9.17, 15) is 4.79 Å². The Morgan fingerprint density at radius 2 is 1.64 bits per heavy atom. The first kappa shape index (κ1) is 16.8. The summed E-state index contributed by atoms with van der Waals surface area (Å²) in [4.78, 5) is 29.4. The molecule has 134 valence electrons. The van der Waals surface area contributed by atoms with Crippen LogP contribution in [0.25, 0.3) is 44.6 Å². The Morgan fingerprint density at radius 3 is 2.50 bits per heavy atom. The highest BCUT2D eigenvalue weighted by Gasteiger charge is 2.15. The van der Waals surface area contributed by atoms with Crippen molar-refractivity contribution in [1.82, 2.24) is 19.9 Å². The molecule has 0 saturated carbocycles. The summed E-state index contributed by atoms with van der Waals surface area (Å²) in [6.45, 7) is 0. The molecule has 3 heterocycles. The molecule has 5 nitrogen and oxygen atoms in total. The highest BCUT2D eigenvalue weighted by molar-refractivity contribution is 9.10.